The molecule has 3 nitrogen and oxygen atoms in total. The minimum atomic E-state index is 0.796. The smallest absolute Gasteiger partial charge is 0.0194 e. The van der Waals surface area contributed by atoms with Crippen LogP contribution in [-0.2, 0) is 0 Å². The normalized spacial score (nSPS) is 36.0. The lowest BCUT2D eigenvalue weighted by atomic mass is 9.79. The van der Waals surface area contributed by atoms with Crippen molar-refractivity contribution < 1.29 is 0 Å². The van der Waals surface area contributed by atoms with Crippen LogP contribution in [0.5, 0.6) is 0 Å². The lowest BCUT2D eigenvalue weighted by molar-refractivity contribution is 0.00716. The Bertz CT molecular complexity index is 213. The molecule has 0 spiro atoms. The van der Waals surface area contributed by atoms with E-state index in [4.69, 9.17) is 0 Å². The molecule has 16 heavy (non-hydrogen) atoms. The Kier molecular flexibility index (Phi) is 3.88. The summed E-state index contributed by atoms with van der Waals surface area (Å²) >= 11 is 0. The molecular weight excluding hydrogens is 198 g/mol. The van der Waals surface area contributed by atoms with Crippen molar-refractivity contribution in [3.05, 3.63) is 0 Å². The lowest BCUT2D eigenvalue weighted by Gasteiger charge is -2.50. The van der Waals surface area contributed by atoms with Crippen LogP contribution in [0.4, 0.5) is 0 Å². The molecule has 2 unspecified atom stereocenters. The van der Waals surface area contributed by atoms with E-state index in [1.165, 1.54) is 32.7 Å². The maximum absolute atomic E-state index is 3.59. The fourth-order valence-corrected chi connectivity index (χ4v) is 3.67. The number of hydrogen-bond donors (Lipinski definition) is 1. The van der Waals surface area contributed by atoms with Crippen molar-refractivity contribution in [2.75, 3.05) is 46.8 Å². The largest absolute Gasteiger partial charge is 0.316 e. The molecule has 2 heterocycles. The zero-order chi connectivity index (χ0) is 11.7. The topological polar surface area (TPSA) is 18.5 Å². The van der Waals surface area contributed by atoms with E-state index in [0.717, 1.165) is 23.8 Å². The van der Waals surface area contributed by atoms with Gasteiger partial charge in [0.05, 0.1) is 0 Å². The van der Waals surface area contributed by atoms with Crippen LogP contribution >= 0.6 is 0 Å². The van der Waals surface area contributed by atoms with Crippen LogP contribution in [0.25, 0.3) is 0 Å². The summed E-state index contributed by atoms with van der Waals surface area (Å²) in [6, 6.07) is 0.796. The van der Waals surface area contributed by atoms with E-state index < -0.39 is 0 Å². The van der Waals surface area contributed by atoms with Crippen molar-refractivity contribution in [1.82, 2.24) is 15.1 Å². The summed E-state index contributed by atoms with van der Waals surface area (Å²) in [6.45, 7) is 10.9. The second kappa shape index (κ2) is 5.03. The highest BCUT2D eigenvalue weighted by Gasteiger charge is 2.40. The predicted molar refractivity (Wildman–Crippen MR) is 68.6 cm³/mol. The molecule has 2 aliphatic rings. The number of nitrogens with zero attached hydrogens (tertiary/aromatic N) is 2. The fraction of sp³-hybridized carbons (Fsp3) is 1.00. The Morgan fingerprint density at radius 1 is 1.19 bits per heavy atom. The average molecular weight is 225 g/mol. The molecule has 0 amide bonds. The van der Waals surface area contributed by atoms with Gasteiger partial charge in [-0.15, -0.1) is 0 Å². The highest BCUT2D eigenvalue weighted by molar-refractivity contribution is 4.96. The molecule has 2 aliphatic heterocycles. The highest BCUT2D eigenvalue weighted by Crippen LogP contribution is 2.28. The van der Waals surface area contributed by atoms with E-state index in [2.05, 4.69) is 43.1 Å². The van der Waals surface area contributed by atoms with Gasteiger partial charge >= 0.3 is 0 Å². The Morgan fingerprint density at radius 2 is 1.75 bits per heavy atom. The van der Waals surface area contributed by atoms with Crippen molar-refractivity contribution >= 4 is 0 Å². The van der Waals surface area contributed by atoms with Crippen LogP contribution in [0, 0.1) is 17.8 Å². The van der Waals surface area contributed by atoms with Gasteiger partial charge in [0.25, 0.3) is 0 Å². The summed E-state index contributed by atoms with van der Waals surface area (Å²) in [4.78, 5) is 5.13. The third-order valence-corrected chi connectivity index (χ3v) is 3.98. The van der Waals surface area contributed by atoms with Gasteiger partial charge in [-0.25, -0.2) is 0 Å². The maximum Gasteiger partial charge on any atom is 0.0194 e. The number of piperidine rings is 2. The van der Waals surface area contributed by atoms with Gasteiger partial charge < -0.3 is 15.1 Å². The molecule has 2 rings (SSSR count). The van der Waals surface area contributed by atoms with E-state index in [1.807, 2.05) is 0 Å². The summed E-state index contributed by atoms with van der Waals surface area (Å²) < 4.78 is 0. The predicted octanol–water partition coefficient (Wildman–Crippen LogP) is 0.724. The van der Waals surface area contributed by atoms with Crippen LogP contribution in [0.3, 0.4) is 0 Å². The Morgan fingerprint density at radius 3 is 2.19 bits per heavy atom. The first kappa shape index (κ1) is 12.3. The molecule has 94 valence electrons. The second-order valence-electron chi connectivity index (χ2n) is 6.25. The zero-order valence-electron chi connectivity index (χ0n) is 11.2. The van der Waals surface area contributed by atoms with Crippen molar-refractivity contribution in [3.63, 3.8) is 0 Å². The summed E-state index contributed by atoms with van der Waals surface area (Å²) in [5.41, 5.74) is 0. The first-order valence-corrected chi connectivity index (χ1v) is 6.67. The van der Waals surface area contributed by atoms with E-state index in [-0.39, 0.29) is 0 Å². The van der Waals surface area contributed by atoms with Crippen LogP contribution in [0.2, 0.25) is 0 Å². The first-order chi connectivity index (χ1) is 7.58. The average Bonchev–Trinajstić information content (AvgIpc) is 2.14. The van der Waals surface area contributed by atoms with Crippen molar-refractivity contribution in [1.29, 1.82) is 0 Å². The molecule has 0 aromatic carbocycles. The van der Waals surface area contributed by atoms with Crippen LogP contribution in [0.1, 0.15) is 13.8 Å². The molecule has 2 atom stereocenters. The third kappa shape index (κ3) is 2.58. The number of rotatable bonds is 3. The van der Waals surface area contributed by atoms with Gasteiger partial charge in [0.15, 0.2) is 0 Å². The van der Waals surface area contributed by atoms with Crippen LogP contribution in [-0.4, -0.2) is 62.7 Å². The second-order valence-corrected chi connectivity index (χ2v) is 6.25. The Balaban J connectivity index is 2.00. The van der Waals surface area contributed by atoms with E-state index in [9.17, 15) is 0 Å². The van der Waals surface area contributed by atoms with E-state index >= 15 is 0 Å². The Hall–Kier alpha value is -0.120. The van der Waals surface area contributed by atoms with Gasteiger partial charge in [0.2, 0.25) is 0 Å². The van der Waals surface area contributed by atoms with Crippen LogP contribution < -0.4 is 5.32 Å². The van der Waals surface area contributed by atoms with E-state index in [0.29, 0.717) is 0 Å². The molecule has 2 fully saturated rings. The molecule has 3 heteroatoms. The van der Waals surface area contributed by atoms with E-state index in [1.54, 1.807) is 0 Å². The molecule has 0 aromatic rings. The molecule has 0 radical (unpaired) electrons. The van der Waals surface area contributed by atoms with Gasteiger partial charge in [0.1, 0.15) is 0 Å². The van der Waals surface area contributed by atoms with Crippen LogP contribution in [0.15, 0.2) is 0 Å². The molecule has 2 saturated heterocycles. The van der Waals surface area contributed by atoms with Gasteiger partial charge in [-0.2, -0.15) is 0 Å². The molecule has 0 saturated carbocycles. The Labute approximate surface area is 100 Å². The minimum absolute atomic E-state index is 0.796. The van der Waals surface area contributed by atoms with Gasteiger partial charge in [-0.3, -0.25) is 0 Å². The number of hydrogen-bond acceptors (Lipinski definition) is 3. The molecule has 0 aromatic heterocycles. The SMILES string of the molecule is CC(C)CN1CC2CNCC(C1)C2N(C)C. The number of fused-ring (bicyclic) bond motifs is 2. The van der Waals surface area contributed by atoms with Crippen molar-refractivity contribution in [2.24, 2.45) is 17.8 Å². The van der Waals surface area contributed by atoms with Crippen molar-refractivity contribution in [2.45, 2.75) is 19.9 Å². The van der Waals surface area contributed by atoms with Gasteiger partial charge in [0, 0.05) is 38.8 Å². The highest BCUT2D eigenvalue weighted by atomic mass is 15.2. The van der Waals surface area contributed by atoms with Gasteiger partial charge in [-0.05, 0) is 31.8 Å². The molecule has 1 N–H and O–H groups in total. The number of likely N-dealkylation sites (tertiary alicyclic amines) is 1. The lowest BCUT2D eigenvalue weighted by Crippen LogP contribution is -2.63. The summed E-state index contributed by atoms with van der Waals surface area (Å²) in [6.07, 6.45) is 0. The zero-order valence-corrected chi connectivity index (χ0v) is 11.2. The standard InChI is InChI=1S/C13H27N3/c1-10(2)7-16-8-11-5-14-6-12(9-16)13(11)15(3)4/h10-14H,5-9H2,1-4H3. The molecule has 0 aliphatic carbocycles. The van der Waals surface area contributed by atoms with Crippen molar-refractivity contribution in [3.8, 4) is 0 Å². The summed E-state index contributed by atoms with van der Waals surface area (Å²) in [7, 11) is 4.49. The first-order valence-electron chi connectivity index (χ1n) is 6.67. The fourth-order valence-electron chi connectivity index (χ4n) is 3.67. The third-order valence-electron chi connectivity index (χ3n) is 3.98. The maximum atomic E-state index is 3.59. The molecular formula is C13H27N3. The molecule has 2 bridgehead atoms. The quantitative estimate of drug-likeness (QED) is 0.764. The number of nitrogens with one attached hydrogen (secondary N) is 1. The summed E-state index contributed by atoms with van der Waals surface area (Å²) in [5, 5.41) is 3.59. The monoisotopic (exact) mass is 225 g/mol. The van der Waals surface area contributed by atoms with Gasteiger partial charge in [-0.1, -0.05) is 13.8 Å². The minimum Gasteiger partial charge on any atom is -0.316 e. The summed E-state index contributed by atoms with van der Waals surface area (Å²) in [5.74, 6) is 2.44.